The molecule has 1 unspecified atom stereocenters. The molecule has 2 aromatic carbocycles. The zero-order chi connectivity index (χ0) is 17.4. The van der Waals surface area contributed by atoms with Crippen LogP contribution in [0.5, 0.6) is 0 Å². The summed E-state index contributed by atoms with van der Waals surface area (Å²) in [6.45, 7) is 2.15. The van der Waals surface area contributed by atoms with Crippen LogP contribution in [0.1, 0.15) is 12.5 Å². The topological polar surface area (TPSA) is 53.9 Å². The fourth-order valence-corrected chi connectivity index (χ4v) is 3.41. The van der Waals surface area contributed by atoms with Crippen LogP contribution in [0, 0.1) is 0 Å². The zero-order valence-electron chi connectivity index (χ0n) is 13.4. The van der Waals surface area contributed by atoms with E-state index in [1.807, 2.05) is 24.3 Å². The first kappa shape index (κ1) is 16.1. The Morgan fingerprint density at radius 3 is 2.84 bits per heavy atom. The van der Waals surface area contributed by atoms with Crippen molar-refractivity contribution < 1.29 is 0 Å². The number of aromatic nitrogens is 3. The van der Waals surface area contributed by atoms with Gasteiger partial charge in [-0.15, -0.1) is 5.10 Å². The Kier molecular flexibility index (Phi) is 4.19. The third kappa shape index (κ3) is 3.01. The molecule has 0 spiro atoms. The molecule has 1 atom stereocenters. The molecule has 1 aliphatic rings. The molecule has 0 saturated heterocycles. The van der Waals surface area contributed by atoms with Crippen molar-refractivity contribution in [2.75, 3.05) is 10.2 Å². The molecule has 0 radical (unpaired) electrons. The minimum absolute atomic E-state index is 0.268. The minimum atomic E-state index is 0.268. The molecule has 3 aromatic rings. The average molecular weight is 372 g/mol. The number of anilines is 4. The highest BCUT2D eigenvalue weighted by atomic mass is 35.5. The lowest BCUT2D eigenvalue weighted by molar-refractivity contribution is 0.730. The van der Waals surface area contributed by atoms with Crippen LogP contribution in [0.15, 0.2) is 48.7 Å². The zero-order valence-corrected chi connectivity index (χ0v) is 15.0. The fraction of sp³-hybridized carbons (Fsp3) is 0.167. The van der Waals surface area contributed by atoms with Crippen LogP contribution >= 0.6 is 23.2 Å². The van der Waals surface area contributed by atoms with Crippen LogP contribution in [0.25, 0.3) is 0 Å². The maximum Gasteiger partial charge on any atom is 0.252 e. The molecule has 1 aromatic heterocycles. The lowest BCUT2D eigenvalue weighted by Crippen LogP contribution is -2.26. The lowest BCUT2D eigenvalue weighted by Gasteiger charge is -2.22. The van der Waals surface area contributed by atoms with Gasteiger partial charge in [0.05, 0.1) is 21.9 Å². The van der Waals surface area contributed by atoms with E-state index in [-0.39, 0.29) is 6.04 Å². The number of benzene rings is 2. The fourth-order valence-electron chi connectivity index (χ4n) is 3.07. The Hall–Kier alpha value is -2.37. The molecular formula is C18H15Cl2N5. The normalized spacial score (nSPS) is 16.0. The van der Waals surface area contributed by atoms with Gasteiger partial charge in [0.25, 0.3) is 5.95 Å². The van der Waals surface area contributed by atoms with Crippen LogP contribution in [-0.2, 0) is 6.42 Å². The van der Waals surface area contributed by atoms with Gasteiger partial charge in [-0.05, 0) is 37.1 Å². The van der Waals surface area contributed by atoms with E-state index in [4.69, 9.17) is 23.2 Å². The van der Waals surface area contributed by atoms with Gasteiger partial charge in [-0.3, -0.25) is 0 Å². The second kappa shape index (κ2) is 6.50. The molecule has 1 N–H and O–H groups in total. The van der Waals surface area contributed by atoms with E-state index in [0.717, 1.165) is 12.1 Å². The van der Waals surface area contributed by atoms with Gasteiger partial charge in [-0.25, -0.2) is 0 Å². The van der Waals surface area contributed by atoms with Gasteiger partial charge >= 0.3 is 0 Å². The highest BCUT2D eigenvalue weighted by Crippen LogP contribution is 2.37. The van der Waals surface area contributed by atoms with Gasteiger partial charge in [-0.2, -0.15) is 10.1 Å². The molecule has 25 heavy (non-hydrogen) atoms. The van der Waals surface area contributed by atoms with E-state index < -0.39 is 0 Å². The van der Waals surface area contributed by atoms with Gasteiger partial charge in [0.15, 0.2) is 5.82 Å². The largest absolute Gasteiger partial charge is 0.338 e. The number of nitrogens with zero attached hydrogens (tertiary/aromatic N) is 4. The lowest BCUT2D eigenvalue weighted by atomic mass is 10.1. The van der Waals surface area contributed by atoms with E-state index in [9.17, 15) is 0 Å². The molecule has 0 aliphatic carbocycles. The molecule has 0 saturated carbocycles. The molecule has 2 heterocycles. The standard InChI is InChI=1S/C18H15Cl2N5/c1-11-9-12-5-2-3-8-15(12)25(11)18-23-16(10-21-24-18)22-14-7-4-6-13(19)17(14)20/h2-8,10-11H,9H2,1H3,(H,22,23,24). The highest BCUT2D eigenvalue weighted by molar-refractivity contribution is 6.43. The number of nitrogens with one attached hydrogen (secondary N) is 1. The molecular weight excluding hydrogens is 357 g/mol. The average Bonchev–Trinajstić information content (AvgIpc) is 2.95. The van der Waals surface area contributed by atoms with Crippen molar-refractivity contribution in [1.29, 1.82) is 0 Å². The first-order valence-corrected chi connectivity index (χ1v) is 8.67. The van der Waals surface area contributed by atoms with E-state index in [1.54, 1.807) is 12.3 Å². The first-order valence-electron chi connectivity index (χ1n) is 7.91. The predicted octanol–water partition coefficient (Wildman–Crippen LogP) is 5.00. The number of hydrogen-bond donors (Lipinski definition) is 1. The molecule has 0 amide bonds. The molecule has 126 valence electrons. The summed E-state index contributed by atoms with van der Waals surface area (Å²) in [7, 11) is 0. The van der Waals surface area contributed by atoms with Crippen molar-refractivity contribution in [2.45, 2.75) is 19.4 Å². The van der Waals surface area contributed by atoms with E-state index in [1.165, 1.54) is 5.56 Å². The summed E-state index contributed by atoms with van der Waals surface area (Å²) in [5.41, 5.74) is 3.08. The van der Waals surface area contributed by atoms with Gasteiger partial charge in [0, 0.05) is 11.7 Å². The van der Waals surface area contributed by atoms with Gasteiger partial charge in [0.1, 0.15) is 0 Å². The van der Waals surface area contributed by atoms with Crippen molar-refractivity contribution in [3.8, 4) is 0 Å². The molecule has 0 bridgehead atoms. The van der Waals surface area contributed by atoms with Crippen LogP contribution in [0.2, 0.25) is 10.0 Å². The van der Waals surface area contributed by atoms with Crippen LogP contribution < -0.4 is 10.2 Å². The summed E-state index contributed by atoms with van der Waals surface area (Å²) in [5, 5.41) is 12.4. The Balaban J connectivity index is 1.67. The van der Waals surface area contributed by atoms with Crippen LogP contribution in [0.3, 0.4) is 0 Å². The highest BCUT2D eigenvalue weighted by Gasteiger charge is 2.29. The second-order valence-corrected chi connectivity index (χ2v) is 6.71. The van der Waals surface area contributed by atoms with Gasteiger partial charge < -0.3 is 10.2 Å². The Bertz CT molecular complexity index is 931. The number of rotatable bonds is 3. The second-order valence-electron chi connectivity index (χ2n) is 5.92. The minimum Gasteiger partial charge on any atom is -0.338 e. The van der Waals surface area contributed by atoms with Crippen LogP contribution in [0.4, 0.5) is 23.1 Å². The first-order chi connectivity index (χ1) is 12.1. The smallest absolute Gasteiger partial charge is 0.252 e. The Morgan fingerprint density at radius 2 is 1.96 bits per heavy atom. The summed E-state index contributed by atoms with van der Waals surface area (Å²) in [6, 6.07) is 13.9. The maximum absolute atomic E-state index is 6.23. The van der Waals surface area contributed by atoms with Crippen molar-refractivity contribution in [3.05, 3.63) is 64.3 Å². The third-order valence-electron chi connectivity index (χ3n) is 4.18. The maximum atomic E-state index is 6.23. The number of fused-ring (bicyclic) bond motifs is 1. The molecule has 1 aliphatic heterocycles. The quantitative estimate of drug-likeness (QED) is 0.701. The summed E-state index contributed by atoms with van der Waals surface area (Å²) < 4.78 is 0. The van der Waals surface area contributed by atoms with Crippen molar-refractivity contribution in [2.24, 2.45) is 0 Å². The van der Waals surface area contributed by atoms with Crippen molar-refractivity contribution in [1.82, 2.24) is 15.2 Å². The Morgan fingerprint density at radius 1 is 1.12 bits per heavy atom. The number of halogens is 2. The molecule has 5 nitrogen and oxygen atoms in total. The number of hydrogen-bond acceptors (Lipinski definition) is 5. The summed E-state index contributed by atoms with van der Waals surface area (Å²) in [5.74, 6) is 1.12. The summed E-state index contributed by atoms with van der Waals surface area (Å²) in [6.07, 6.45) is 2.52. The SMILES string of the molecule is CC1Cc2ccccc2N1c1nncc(Nc2cccc(Cl)c2Cl)n1. The van der Waals surface area contributed by atoms with Crippen LogP contribution in [-0.4, -0.2) is 21.2 Å². The molecule has 7 heteroatoms. The number of para-hydroxylation sites is 1. The van der Waals surface area contributed by atoms with Gasteiger partial charge in [0.2, 0.25) is 0 Å². The Labute approximate surface area is 155 Å². The predicted molar refractivity (Wildman–Crippen MR) is 101 cm³/mol. The van der Waals surface area contributed by atoms with E-state index in [2.05, 4.69) is 44.5 Å². The third-order valence-corrected chi connectivity index (χ3v) is 5.00. The van der Waals surface area contributed by atoms with Crippen molar-refractivity contribution in [3.63, 3.8) is 0 Å². The van der Waals surface area contributed by atoms with Crippen molar-refractivity contribution >= 4 is 46.3 Å². The van der Waals surface area contributed by atoms with Gasteiger partial charge in [-0.1, -0.05) is 47.5 Å². The molecule has 0 fully saturated rings. The van der Waals surface area contributed by atoms with E-state index >= 15 is 0 Å². The summed E-state index contributed by atoms with van der Waals surface area (Å²) >= 11 is 12.3. The summed E-state index contributed by atoms with van der Waals surface area (Å²) in [4.78, 5) is 6.71. The van der Waals surface area contributed by atoms with E-state index in [0.29, 0.717) is 27.5 Å². The monoisotopic (exact) mass is 371 g/mol. The molecule has 4 rings (SSSR count).